The third-order valence-corrected chi connectivity index (χ3v) is 2.71. The van der Waals surface area contributed by atoms with Crippen LogP contribution in [0.4, 0.5) is 4.39 Å². The summed E-state index contributed by atoms with van der Waals surface area (Å²) in [6, 6.07) is 4.03. The summed E-state index contributed by atoms with van der Waals surface area (Å²) in [5, 5.41) is 9.54. The second-order valence-electron chi connectivity index (χ2n) is 4.60. The van der Waals surface area contributed by atoms with Crippen LogP contribution in [0.3, 0.4) is 0 Å². The van der Waals surface area contributed by atoms with Crippen LogP contribution in [-0.4, -0.2) is 36.6 Å². The Morgan fingerprint density at radius 3 is 2.74 bits per heavy atom. The molecule has 1 rings (SSSR count). The molecule has 5 heteroatoms. The first kappa shape index (κ1) is 15.4. The SMILES string of the molecule is C[C@@H](O)c1cc(F)ccc1OCCCC(=O)N(C)C. The minimum atomic E-state index is -0.797. The highest BCUT2D eigenvalue weighted by Gasteiger charge is 2.11. The van der Waals surface area contributed by atoms with Crippen LogP contribution in [0.5, 0.6) is 5.75 Å². The van der Waals surface area contributed by atoms with E-state index in [9.17, 15) is 14.3 Å². The summed E-state index contributed by atoms with van der Waals surface area (Å²) in [5.74, 6) is 0.0817. The molecule has 0 heterocycles. The maximum atomic E-state index is 13.1. The average Bonchev–Trinajstić information content (AvgIpc) is 2.35. The highest BCUT2D eigenvalue weighted by Crippen LogP contribution is 2.26. The Hall–Kier alpha value is -1.62. The van der Waals surface area contributed by atoms with Gasteiger partial charge in [-0.15, -0.1) is 0 Å². The third kappa shape index (κ3) is 4.87. The fraction of sp³-hybridized carbons (Fsp3) is 0.500. The zero-order valence-corrected chi connectivity index (χ0v) is 11.5. The number of carbonyl (C=O) groups is 1. The maximum absolute atomic E-state index is 13.1. The molecule has 0 bridgehead atoms. The van der Waals surface area contributed by atoms with Crippen molar-refractivity contribution in [3.05, 3.63) is 29.6 Å². The number of nitrogens with zero attached hydrogens (tertiary/aromatic N) is 1. The number of amides is 1. The zero-order valence-electron chi connectivity index (χ0n) is 11.5. The fourth-order valence-electron chi connectivity index (χ4n) is 1.61. The summed E-state index contributed by atoms with van der Waals surface area (Å²) in [5.41, 5.74) is 0.416. The van der Waals surface area contributed by atoms with E-state index in [1.54, 1.807) is 21.0 Å². The van der Waals surface area contributed by atoms with Crippen molar-refractivity contribution in [1.29, 1.82) is 0 Å². The predicted molar refractivity (Wildman–Crippen MR) is 70.5 cm³/mol. The van der Waals surface area contributed by atoms with Crippen molar-refractivity contribution >= 4 is 5.91 Å². The van der Waals surface area contributed by atoms with Crippen molar-refractivity contribution in [1.82, 2.24) is 4.90 Å². The van der Waals surface area contributed by atoms with E-state index in [1.807, 2.05) is 0 Å². The molecule has 0 saturated heterocycles. The number of aliphatic hydroxyl groups is 1. The van der Waals surface area contributed by atoms with Crippen LogP contribution in [0.15, 0.2) is 18.2 Å². The van der Waals surface area contributed by atoms with Gasteiger partial charge in [-0.1, -0.05) is 0 Å². The van der Waals surface area contributed by atoms with Crippen LogP contribution >= 0.6 is 0 Å². The van der Waals surface area contributed by atoms with E-state index >= 15 is 0 Å². The predicted octanol–water partition coefficient (Wildman–Crippen LogP) is 2.13. The Bertz CT molecular complexity index is 433. The molecule has 1 N–H and O–H groups in total. The molecule has 1 atom stereocenters. The minimum absolute atomic E-state index is 0.0402. The van der Waals surface area contributed by atoms with Gasteiger partial charge in [0.2, 0.25) is 5.91 Å². The normalized spacial score (nSPS) is 12.1. The van der Waals surface area contributed by atoms with Crippen LogP contribution in [0, 0.1) is 5.82 Å². The van der Waals surface area contributed by atoms with Gasteiger partial charge in [-0.25, -0.2) is 4.39 Å². The summed E-state index contributed by atoms with van der Waals surface area (Å²) in [6.07, 6.45) is 0.181. The molecular weight excluding hydrogens is 249 g/mol. The molecule has 0 spiro atoms. The first-order chi connectivity index (χ1) is 8.91. The number of aliphatic hydroxyl groups excluding tert-OH is 1. The van der Waals surface area contributed by atoms with Crippen molar-refractivity contribution in [2.24, 2.45) is 0 Å². The van der Waals surface area contributed by atoms with Gasteiger partial charge in [-0.05, 0) is 31.5 Å². The van der Waals surface area contributed by atoms with Gasteiger partial charge in [0.15, 0.2) is 0 Å². The summed E-state index contributed by atoms with van der Waals surface area (Å²) >= 11 is 0. The molecule has 1 aromatic carbocycles. The number of hydrogen-bond donors (Lipinski definition) is 1. The quantitative estimate of drug-likeness (QED) is 0.805. The number of hydrogen-bond acceptors (Lipinski definition) is 3. The molecule has 0 aliphatic heterocycles. The number of benzene rings is 1. The second-order valence-corrected chi connectivity index (χ2v) is 4.60. The fourth-order valence-corrected chi connectivity index (χ4v) is 1.61. The van der Waals surface area contributed by atoms with E-state index in [0.717, 1.165) is 0 Å². The van der Waals surface area contributed by atoms with Gasteiger partial charge in [0.25, 0.3) is 0 Å². The molecule has 0 fully saturated rings. The van der Waals surface area contributed by atoms with E-state index in [-0.39, 0.29) is 5.91 Å². The Labute approximate surface area is 112 Å². The van der Waals surface area contributed by atoms with Gasteiger partial charge in [0.1, 0.15) is 11.6 Å². The number of rotatable bonds is 6. The van der Waals surface area contributed by atoms with Crippen molar-refractivity contribution < 1.29 is 19.0 Å². The van der Waals surface area contributed by atoms with Gasteiger partial charge >= 0.3 is 0 Å². The molecule has 0 aliphatic rings. The number of halogens is 1. The monoisotopic (exact) mass is 269 g/mol. The van der Waals surface area contributed by atoms with Crippen LogP contribution in [-0.2, 0) is 4.79 Å². The minimum Gasteiger partial charge on any atom is -0.493 e. The molecule has 0 saturated carbocycles. The molecule has 1 aromatic rings. The number of ether oxygens (including phenoxy) is 1. The molecule has 0 radical (unpaired) electrons. The van der Waals surface area contributed by atoms with Crippen LogP contribution < -0.4 is 4.74 Å². The lowest BCUT2D eigenvalue weighted by Crippen LogP contribution is -2.21. The zero-order chi connectivity index (χ0) is 14.4. The molecule has 106 valence electrons. The second kappa shape index (κ2) is 7.09. The standard InChI is InChI=1S/C14H20FNO3/c1-10(17)12-9-11(15)6-7-13(12)19-8-4-5-14(18)16(2)3/h6-7,9-10,17H,4-5,8H2,1-3H3/t10-/m1/s1. The summed E-state index contributed by atoms with van der Waals surface area (Å²) in [6.45, 7) is 1.90. The summed E-state index contributed by atoms with van der Waals surface area (Å²) in [7, 11) is 3.41. The van der Waals surface area contributed by atoms with Crippen LogP contribution in [0.25, 0.3) is 0 Å². The summed E-state index contributed by atoms with van der Waals surface area (Å²) < 4.78 is 18.6. The van der Waals surface area contributed by atoms with Gasteiger partial charge in [0.05, 0.1) is 12.7 Å². The Morgan fingerprint density at radius 1 is 1.47 bits per heavy atom. The maximum Gasteiger partial charge on any atom is 0.222 e. The first-order valence-electron chi connectivity index (χ1n) is 6.22. The molecule has 4 nitrogen and oxygen atoms in total. The highest BCUT2D eigenvalue weighted by atomic mass is 19.1. The van der Waals surface area contributed by atoms with E-state index in [2.05, 4.69) is 0 Å². The van der Waals surface area contributed by atoms with Crippen molar-refractivity contribution in [2.75, 3.05) is 20.7 Å². The van der Waals surface area contributed by atoms with Crippen molar-refractivity contribution in [3.8, 4) is 5.75 Å². The van der Waals surface area contributed by atoms with Gasteiger partial charge < -0.3 is 14.7 Å². The molecule has 0 aliphatic carbocycles. The topological polar surface area (TPSA) is 49.8 Å². The molecule has 19 heavy (non-hydrogen) atoms. The van der Waals surface area contributed by atoms with Crippen LogP contribution in [0.1, 0.15) is 31.4 Å². The average molecular weight is 269 g/mol. The first-order valence-corrected chi connectivity index (χ1v) is 6.22. The summed E-state index contributed by atoms with van der Waals surface area (Å²) in [4.78, 5) is 12.9. The van der Waals surface area contributed by atoms with Gasteiger partial charge in [-0.2, -0.15) is 0 Å². The third-order valence-electron chi connectivity index (χ3n) is 2.71. The smallest absolute Gasteiger partial charge is 0.222 e. The highest BCUT2D eigenvalue weighted by molar-refractivity contribution is 5.75. The van der Waals surface area contributed by atoms with Gasteiger partial charge in [0, 0.05) is 26.1 Å². The largest absolute Gasteiger partial charge is 0.493 e. The number of carbonyl (C=O) groups excluding carboxylic acids is 1. The Morgan fingerprint density at radius 2 is 2.16 bits per heavy atom. The lowest BCUT2D eigenvalue weighted by atomic mass is 10.1. The molecule has 1 amide bonds. The lowest BCUT2D eigenvalue weighted by Gasteiger charge is -2.14. The van der Waals surface area contributed by atoms with Gasteiger partial charge in [-0.3, -0.25) is 4.79 Å². The van der Waals surface area contributed by atoms with E-state index in [4.69, 9.17) is 4.74 Å². The van der Waals surface area contributed by atoms with E-state index in [1.165, 1.54) is 23.1 Å². The van der Waals surface area contributed by atoms with Crippen molar-refractivity contribution in [2.45, 2.75) is 25.9 Å². The molecular formula is C14H20FNO3. The molecule has 0 aromatic heterocycles. The lowest BCUT2D eigenvalue weighted by molar-refractivity contribution is -0.128. The van der Waals surface area contributed by atoms with Crippen molar-refractivity contribution in [3.63, 3.8) is 0 Å². The Balaban J connectivity index is 2.52. The Kier molecular flexibility index (Phi) is 5.76. The van der Waals surface area contributed by atoms with Crippen LogP contribution in [0.2, 0.25) is 0 Å². The van der Waals surface area contributed by atoms with E-state index < -0.39 is 11.9 Å². The van der Waals surface area contributed by atoms with E-state index in [0.29, 0.717) is 30.8 Å². The molecule has 0 unspecified atom stereocenters.